The van der Waals surface area contributed by atoms with Crippen LogP contribution >= 0.6 is 11.9 Å². The van der Waals surface area contributed by atoms with Gasteiger partial charge in [0, 0.05) is 5.25 Å². The van der Waals surface area contributed by atoms with E-state index in [1.54, 1.807) is 0 Å². The summed E-state index contributed by atoms with van der Waals surface area (Å²) in [6, 6.07) is 9.69. The van der Waals surface area contributed by atoms with E-state index in [1.807, 2.05) is 18.2 Å². The van der Waals surface area contributed by atoms with Crippen molar-refractivity contribution in [2.45, 2.75) is 31.4 Å². The van der Waals surface area contributed by atoms with E-state index in [9.17, 15) is 4.79 Å². The van der Waals surface area contributed by atoms with Gasteiger partial charge in [-0.05, 0) is 23.9 Å². The van der Waals surface area contributed by atoms with Crippen LogP contribution in [-0.2, 0) is 0 Å². The van der Waals surface area contributed by atoms with Crippen LogP contribution in [0.25, 0.3) is 0 Å². The molecule has 1 aromatic rings. The lowest BCUT2D eigenvalue weighted by Crippen LogP contribution is -2.24. The van der Waals surface area contributed by atoms with Gasteiger partial charge in [0.1, 0.15) is 0 Å². The zero-order valence-corrected chi connectivity index (χ0v) is 10.3. The Kier molecular flexibility index (Phi) is 5.78. The molecule has 0 aromatic heterocycles. The number of rotatable bonds is 6. The Balaban J connectivity index is 2.59. The molecule has 2 amide bonds. The van der Waals surface area contributed by atoms with Crippen molar-refractivity contribution in [1.29, 1.82) is 0 Å². The Morgan fingerprint density at radius 1 is 1.44 bits per heavy atom. The molecule has 16 heavy (non-hydrogen) atoms. The molecule has 1 rings (SSSR count). The van der Waals surface area contributed by atoms with Crippen LogP contribution in [0.1, 0.15) is 37.0 Å². The topological polar surface area (TPSA) is 55.1 Å². The molecule has 0 radical (unpaired) electrons. The molecule has 1 aromatic carbocycles. The maximum atomic E-state index is 10.7. The summed E-state index contributed by atoms with van der Waals surface area (Å²) in [7, 11) is 0. The summed E-state index contributed by atoms with van der Waals surface area (Å²) >= 11 is 1.40. The third-order valence-electron chi connectivity index (χ3n) is 2.29. The Morgan fingerprint density at radius 2 is 2.12 bits per heavy atom. The number of urea groups is 1. The lowest BCUT2D eigenvalue weighted by Gasteiger charge is -2.15. The summed E-state index contributed by atoms with van der Waals surface area (Å²) < 4.78 is 2.61. The third kappa shape index (κ3) is 4.57. The van der Waals surface area contributed by atoms with E-state index >= 15 is 0 Å². The molecule has 0 saturated carbocycles. The second-order valence-electron chi connectivity index (χ2n) is 3.63. The molecule has 0 spiro atoms. The zero-order chi connectivity index (χ0) is 11.8. The van der Waals surface area contributed by atoms with E-state index in [0.29, 0.717) is 0 Å². The van der Waals surface area contributed by atoms with E-state index in [1.165, 1.54) is 17.5 Å². The van der Waals surface area contributed by atoms with Gasteiger partial charge in [-0.25, -0.2) is 4.79 Å². The second-order valence-corrected chi connectivity index (χ2v) is 4.63. The molecule has 1 unspecified atom stereocenters. The van der Waals surface area contributed by atoms with E-state index in [-0.39, 0.29) is 5.25 Å². The number of hydrogen-bond donors (Lipinski definition) is 2. The molecule has 0 aliphatic rings. The van der Waals surface area contributed by atoms with Crippen LogP contribution in [0.2, 0.25) is 0 Å². The third-order valence-corrected chi connectivity index (χ3v) is 3.40. The first-order valence-electron chi connectivity index (χ1n) is 5.50. The summed E-state index contributed by atoms with van der Waals surface area (Å²) in [4.78, 5) is 10.7. The summed E-state index contributed by atoms with van der Waals surface area (Å²) in [5, 5.41) is 0.286. The average molecular weight is 238 g/mol. The van der Waals surface area contributed by atoms with E-state index in [2.05, 4.69) is 23.8 Å². The van der Waals surface area contributed by atoms with Crippen LogP contribution in [0.5, 0.6) is 0 Å². The van der Waals surface area contributed by atoms with Gasteiger partial charge in [-0.1, -0.05) is 50.1 Å². The van der Waals surface area contributed by atoms with Gasteiger partial charge in [0.05, 0.1) is 0 Å². The monoisotopic (exact) mass is 238 g/mol. The maximum Gasteiger partial charge on any atom is 0.322 e. The molecule has 3 N–H and O–H groups in total. The van der Waals surface area contributed by atoms with Crippen LogP contribution in [-0.4, -0.2) is 6.03 Å². The lowest BCUT2D eigenvalue weighted by molar-refractivity contribution is 0.254. The van der Waals surface area contributed by atoms with Crippen molar-refractivity contribution in [3.8, 4) is 0 Å². The normalized spacial score (nSPS) is 12.1. The fourth-order valence-corrected chi connectivity index (χ4v) is 2.32. The van der Waals surface area contributed by atoms with E-state index < -0.39 is 6.03 Å². The van der Waals surface area contributed by atoms with Crippen LogP contribution in [0.15, 0.2) is 30.3 Å². The summed E-state index contributed by atoms with van der Waals surface area (Å²) in [5.41, 5.74) is 6.31. The molecule has 1 atom stereocenters. The average Bonchev–Trinajstić information content (AvgIpc) is 2.30. The summed E-state index contributed by atoms with van der Waals surface area (Å²) in [6.07, 6.45) is 3.35. The Labute approximate surface area is 101 Å². The molecule has 3 nitrogen and oxygen atoms in total. The van der Waals surface area contributed by atoms with Crippen molar-refractivity contribution in [2.75, 3.05) is 0 Å². The molecular weight excluding hydrogens is 220 g/mol. The number of nitrogens with two attached hydrogens (primary N) is 1. The van der Waals surface area contributed by atoms with Gasteiger partial charge >= 0.3 is 6.03 Å². The molecule has 0 aliphatic carbocycles. The van der Waals surface area contributed by atoms with E-state index in [4.69, 9.17) is 5.73 Å². The number of hydrogen-bond acceptors (Lipinski definition) is 2. The van der Waals surface area contributed by atoms with Crippen molar-refractivity contribution < 1.29 is 4.79 Å². The first-order valence-corrected chi connectivity index (χ1v) is 6.38. The summed E-state index contributed by atoms with van der Waals surface area (Å²) in [6.45, 7) is 2.16. The molecule has 0 fully saturated rings. The highest BCUT2D eigenvalue weighted by atomic mass is 32.2. The molecule has 0 saturated heterocycles. The lowest BCUT2D eigenvalue weighted by atomic mass is 10.1. The number of benzene rings is 1. The van der Waals surface area contributed by atoms with Crippen molar-refractivity contribution in [2.24, 2.45) is 5.73 Å². The van der Waals surface area contributed by atoms with E-state index in [0.717, 1.165) is 19.3 Å². The maximum absolute atomic E-state index is 10.7. The minimum atomic E-state index is -0.484. The molecule has 4 heteroatoms. The quantitative estimate of drug-likeness (QED) is 0.747. The van der Waals surface area contributed by atoms with Gasteiger partial charge in [0.2, 0.25) is 0 Å². The highest BCUT2D eigenvalue weighted by molar-refractivity contribution is 7.98. The van der Waals surface area contributed by atoms with Gasteiger partial charge in [0.15, 0.2) is 0 Å². The van der Waals surface area contributed by atoms with Crippen molar-refractivity contribution >= 4 is 18.0 Å². The standard InChI is InChI=1S/C12H18N2OS/c1-2-3-9-11(16-14-12(13)15)10-7-5-4-6-8-10/h4-8,11H,2-3,9H2,1H3,(H3,13,14,15). The zero-order valence-electron chi connectivity index (χ0n) is 9.48. The first kappa shape index (κ1) is 12.9. The SMILES string of the molecule is CCCCC(SNC(N)=O)c1ccccc1. The molecular formula is C12H18N2OS. The number of carbonyl (C=O) groups excluding carboxylic acids is 1. The van der Waals surface area contributed by atoms with Crippen LogP contribution in [0.3, 0.4) is 0 Å². The Hall–Kier alpha value is -1.16. The Bertz CT molecular complexity index is 316. The van der Waals surface area contributed by atoms with Gasteiger partial charge in [-0.2, -0.15) is 0 Å². The Morgan fingerprint density at radius 3 is 2.69 bits per heavy atom. The molecule has 88 valence electrons. The molecule has 0 aliphatic heterocycles. The summed E-state index contributed by atoms with van der Waals surface area (Å²) in [5.74, 6) is 0. The highest BCUT2D eigenvalue weighted by Gasteiger charge is 2.12. The van der Waals surface area contributed by atoms with Gasteiger partial charge < -0.3 is 5.73 Å². The first-order chi connectivity index (χ1) is 7.74. The van der Waals surface area contributed by atoms with Crippen molar-refractivity contribution in [3.05, 3.63) is 35.9 Å². The van der Waals surface area contributed by atoms with Crippen molar-refractivity contribution in [1.82, 2.24) is 4.72 Å². The van der Waals surface area contributed by atoms with Gasteiger partial charge in [-0.15, -0.1) is 0 Å². The van der Waals surface area contributed by atoms with Crippen molar-refractivity contribution in [3.63, 3.8) is 0 Å². The number of primary amides is 1. The number of carbonyl (C=O) groups is 1. The largest absolute Gasteiger partial charge is 0.351 e. The van der Waals surface area contributed by atoms with Crippen LogP contribution < -0.4 is 10.5 Å². The van der Waals surface area contributed by atoms with Gasteiger partial charge in [-0.3, -0.25) is 4.72 Å². The number of unbranched alkanes of at least 4 members (excludes halogenated alkanes) is 1. The predicted octanol–water partition coefficient (Wildman–Crippen LogP) is 3.23. The molecule has 0 bridgehead atoms. The van der Waals surface area contributed by atoms with Crippen LogP contribution in [0, 0.1) is 0 Å². The second kappa shape index (κ2) is 7.17. The molecule has 0 heterocycles. The number of amides is 2. The fourth-order valence-electron chi connectivity index (χ4n) is 1.48. The number of nitrogens with one attached hydrogen (secondary N) is 1. The minimum Gasteiger partial charge on any atom is -0.351 e. The highest BCUT2D eigenvalue weighted by Crippen LogP contribution is 2.31. The smallest absolute Gasteiger partial charge is 0.322 e. The minimum absolute atomic E-state index is 0.286. The van der Waals surface area contributed by atoms with Crippen LogP contribution in [0.4, 0.5) is 4.79 Å². The predicted molar refractivity (Wildman–Crippen MR) is 69.0 cm³/mol. The van der Waals surface area contributed by atoms with Gasteiger partial charge in [0.25, 0.3) is 0 Å². The fraction of sp³-hybridized carbons (Fsp3) is 0.417.